The summed E-state index contributed by atoms with van der Waals surface area (Å²) in [5, 5.41) is 9.10. The van der Waals surface area contributed by atoms with Crippen molar-refractivity contribution in [3.05, 3.63) is 59.2 Å². The van der Waals surface area contributed by atoms with Crippen molar-refractivity contribution >= 4 is 17.6 Å². The second-order valence-corrected chi connectivity index (χ2v) is 7.09. The molecular weight excluding hydrogens is 409 g/mol. The van der Waals surface area contributed by atoms with Gasteiger partial charge in [0.2, 0.25) is 5.91 Å². The lowest BCUT2D eigenvalue weighted by molar-refractivity contribution is -0.137. The normalized spacial score (nSPS) is 13.9. The SMILES string of the molecule is CN=C(NCCOc1ccc2c(c1)CCC(=O)N2)NCCc1ccc(C(F)(F)F)cc1. The number of fused-ring (bicyclic) bond motifs is 1. The molecule has 2 aromatic carbocycles. The maximum absolute atomic E-state index is 12.6. The largest absolute Gasteiger partial charge is 0.492 e. The van der Waals surface area contributed by atoms with Gasteiger partial charge in [0, 0.05) is 25.7 Å². The summed E-state index contributed by atoms with van der Waals surface area (Å²) in [6.07, 6.45) is -2.57. The monoisotopic (exact) mass is 434 g/mol. The Morgan fingerprint density at radius 3 is 2.55 bits per heavy atom. The number of nitrogens with one attached hydrogen (secondary N) is 3. The first kappa shape index (κ1) is 22.5. The third-order valence-corrected chi connectivity index (χ3v) is 4.85. The highest BCUT2D eigenvalue weighted by Gasteiger charge is 2.29. The van der Waals surface area contributed by atoms with Crippen molar-refractivity contribution in [1.82, 2.24) is 10.6 Å². The van der Waals surface area contributed by atoms with Gasteiger partial charge < -0.3 is 20.7 Å². The predicted molar refractivity (Wildman–Crippen MR) is 113 cm³/mol. The van der Waals surface area contributed by atoms with Crippen molar-refractivity contribution < 1.29 is 22.7 Å². The first-order valence-electron chi connectivity index (χ1n) is 10.0. The van der Waals surface area contributed by atoms with E-state index in [1.165, 1.54) is 12.1 Å². The van der Waals surface area contributed by atoms with E-state index in [1.54, 1.807) is 7.05 Å². The number of ether oxygens (including phenoxy) is 1. The van der Waals surface area contributed by atoms with Crippen molar-refractivity contribution in [2.24, 2.45) is 4.99 Å². The molecule has 0 aromatic heterocycles. The Kier molecular flexibility index (Phi) is 7.38. The van der Waals surface area contributed by atoms with E-state index in [1.807, 2.05) is 18.2 Å². The molecule has 0 saturated carbocycles. The number of halogens is 3. The predicted octanol–water partition coefficient (Wildman–Crippen LogP) is 3.38. The van der Waals surface area contributed by atoms with Gasteiger partial charge in [-0.05, 0) is 54.3 Å². The van der Waals surface area contributed by atoms with Crippen LogP contribution in [0.2, 0.25) is 0 Å². The number of nitrogens with zero attached hydrogens (tertiary/aromatic N) is 1. The molecule has 0 fully saturated rings. The first-order valence-corrected chi connectivity index (χ1v) is 10.0. The van der Waals surface area contributed by atoms with E-state index >= 15 is 0 Å². The van der Waals surface area contributed by atoms with Crippen molar-refractivity contribution in [3.8, 4) is 5.75 Å². The van der Waals surface area contributed by atoms with Crippen LogP contribution >= 0.6 is 0 Å². The van der Waals surface area contributed by atoms with E-state index in [0.717, 1.165) is 34.7 Å². The number of anilines is 1. The average Bonchev–Trinajstić information content (AvgIpc) is 2.75. The molecule has 9 heteroatoms. The Bertz CT molecular complexity index is 927. The fourth-order valence-corrected chi connectivity index (χ4v) is 3.19. The summed E-state index contributed by atoms with van der Waals surface area (Å²) < 4.78 is 43.6. The van der Waals surface area contributed by atoms with Gasteiger partial charge in [-0.15, -0.1) is 0 Å². The molecule has 2 aromatic rings. The lowest BCUT2D eigenvalue weighted by Crippen LogP contribution is -2.40. The van der Waals surface area contributed by atoms with Gasteiger partial charge in [-0.25, -0.2) is 0 Å². The van der Waals surface area contributed by atoms with Gasteiger partial charge in [-0.1, -0.05) is 12.1 Å². The number of alkyl halides is 3. The number of hydrogen-bond donors (Lipinski definition) is 3. The summed E-state index contributed by atoms with van der Waals surface area (Å²) in [5.41, 5.74) is 2.05. The Morgan fingerprint density at radius 2 is 1.84 bits per heavy atom. The number of guanidine groups is 1. The second kappa shape index (κ2) is 10.2. The third-order valence-electron chi connectivity index (χ3n) is 4.85. The van der Waals surface area contributed by atoms with Gasteiger partial charge in [0.25, 0.3) is 0 Å². The zero-order chi connectivity index (χ0) is 22.3. The average molecular weight is 434 g/mol. The van der Waals surface area contributed by atoms with Crippen LogP contribution in [0, 0.1) is 0 Å². The molecule has 1 aliphatic rings. The Morgan fingerprint density at radius 1 is 1.10 bits per heavy atom. The molecule has 0 atom stereocenters. The lowest BCUT2D eigenvalue weighted by Gasteiger charge is -2.18. The number of benzene rings is 2. The van der Waals surface area contributed by atoms with Crippen molar-refractivity contribution in [3.63, 3.8) is 0 Å². The highest BCUT2D eigenvalue weighted by Crippen LogP contribution is 2.29. The molecule has 3 N–H and O–H groups in total. The Balaban J connectivity index is 1.37. The minimum Gasteiger partial charge on any atom is -0.492 e. The zero-order valence-corrected chi connectivity index (χ0v) is 17.2. The summed E-state index contributed by atoms with van der Waals surface area (Å²) in [6.45, 7) is 1.47. The highest BCUT2D eigenvalue weighted by molar-refractivity contribution is 5.94. The molecule has 0 unspecified atom stereocenters. The van der Waals surface area contributed by atoms with Crippen molar-refractivity contribution in [1.29, 1.82) is 0 Å². The van der Waals surface area contributed by atoms with Gasteiger partial charge in [0.1, 0.15) is 12.4 Å². The van der Waals surface area contributed by atoms with E-state index in [4.69, 9.17) is 4.74 Å². The molecule has 0 bridgehead atoms. The van der Waals surface area contributed by atoms with Gasteiger partial charge in [0.05, 0.1) is 12.1 Å². The summed E-state index contributed by atoms with van der Waals surface area (Å²) >= 11 is 0. The highest BCUT2D eigenvalue weighted by atomic mass is 19.4. The fourth-order valence-electron chi connectivity index (χ4n) is 3.19. The number of carbonyl (C=O) groups excluding carboxylic acids is 1. The van der Waals surface area contributed by atoms with E-state index in [-0.39, 0.29) is 5.91 Å². The molecule has 0 spiro atoms. The van der Waals surface area contributed by atoms with Crippen LogP contribution in [0.5, 0.6) is 5.75 Å². The Hall–Kier alpha value is -3.23. The Labute approximate surface area is 178 Å². The quantitative estimate of drug-likeness (QED) is 0.355. The molecule has 6 nitrogen and oxygen atoms in total. The number of carbonyl (C=O) groups is 1. The minimum atomic E-state index is -4.32. The van der Waals surface area contributed by atoms with Crippen LogP contribution in [0.15, 0.2) is 47.5 Å². The van der Waals surface area contributed by atoms with Gasteiger partial charge in [0.15, 0.2) is 5.96 Å². The molecular formula is C22H25F3N4O2. The maximum atomic E-state index is 12.6. The van der Waals surface area contributed by atoms with Crippen LogP contribution in [-0.2, 0) is 23.8 Å². The molecule has 3 rings (SSSR count). The summed E-state index contributed by atoms with van der Waals surface area (Å²) in [4.78, 5) is 15.5. The first-order chi connectivity index (χ1) is 14.8. The van der Waals surface area contributed by atoms with Gasteiger partial charge in [-0.3, -0.25) is 9.79 Å². The number of aryl methyl sites for hydroxylation is 1. The van der Waals surface area contributed by atoms with Crippen LogP contribution in [0.4, 0.5) is 18.9 Å². The fraction of sp³-hybridized carbons (Fsp3) is 0.364. The second-order valence-electron chi connectivity index (χ2n) is 7.09. The molecule has 0 saturated heterocycles. The summed E-state index contributed by atoms with van der Waals surface area (Å²) in [7, 11) is 1.64. The van der Waals surface area contributed by atoms with Crippen molar-refractivity contribution in [2.45, 2.75) is 25.4 Å². The van der Waals surface area contributed by atoms with Crippen LogP contribution in [-0.4, -0.2) is 38.6 Å². The number of rotatable bonds is 7. The maximum Gasteiger partial charge on any atom is 0.416 e. The number of amides is 1. The van der Waals surface area contributed by atoms with Crippen LogP contribution < -0.4 is 20.7 Å². The van der Waals surface area contributed by atoms with Gasteiger partial charge in [-0.2, -0.15) is 13.2 Å². The minimum absolute atomic E-state index is 0.0302. The zero-order valence-electron chi connectivity index (χ0n) is 17.2. The third kappa shape index (κ3) is 6.63. The molecule has 0 aliphatic carbocycles. The van der Waals surface area contributed by atoms with Crippen LogP contribution in [0.1, 0.15) is 23.1 Å². The van der Waals surface area contributed by atoms with E-state index in [9.17, 15) is 18.0 Å². The van der Waals surface area contributed by atoms with Crippen molar-refractivity contribution in [2.75, 3.05) is 32.1 Å². The summed E-state index contributed by atoms with van der Waals surface area (Å²) in [6, 6.07) is 10.8. The number of aliphatic imine (C=N–C) groups is 1. The van der Waals surface area contributed by atoms with Crippen LogP contribution in [0.25, 0.3) is 0 Å². The molecule has 1 aliphatic heterocycles. The smallest absolute Gasteiger partial charge is 0.416 e. The molecule has 1 heterocycles. The number of hydrogen-bond acceptors (Lipinski definition) is 3. The van der Waals surface area contributed by atoms with Gasteiger partial charge >= 0.3 is 6.18 Å². The lowest BCUT2D eigenvalue weighted by atomic mass is 10.0. The van der Waals surface area contributed by atoms with E-state index in [0.29, 0.717) is 44.9 Å². The van der Waals surface area contributed by atoms with E-state index < -0.39 is 11.7 Å². The molecule has 1 amide bonds. The topological polar surface area (TPSA) is 74.8 Å². The summed E-state index contributed by atoms with van der Waals surface area (Å²) in [5.74, 6) is 1.35. The standard InChI is InChI=1S/C22H25F3N4O2/c1-26-21(27-11-10-15-2-5-17(6-3-15)22(23,24)25)28-12-13-31-18-7-8-19-16(14-18)4-9-20(30)29-19/h2-3,5-8,14H,4,9-13H2,1H3,(H,29,30)(H2,26,27,28). The molecule has 31 heavy (non-hydrogen) atoms. The van der Waals surface area contributed by atoms with Crippen LogP contribution in [0.3, 0.4) is 0 Å². The van der Waals surface area contributed by atoms with E-state index in [2.05, 4.69) is 20.9 Å². The molecule has 0 radical (unpaired) electrons. The molecule has 166 valence electrons.